The lowest BCUT2D eigenvalue weighted by molar-refractivity contribution is -0.0554. The fraction of sp³-hybridized carbons (Fsp3) is 0.462. The third-order valence-corrected chi connectivity index (χ3v) is 8.46. The summed E-state index contributed by atoms with van der Waals surface area (Å²) in [6.07, 6.45) is 1.05. The lowest BCUT2D eigenvalue weighted by Gasteiger charge is -2.57. The van der Waals surface area contributed by atoms with Gasteiger partial charge in [0.1, 0.15) is 6.10 Å². The van der Waals surface area contributed by atoms with Gasteiger partial charge in [0.25, 0.3) is 0 Å². The fourth-order valence-corrected chi connectivity index (χ4v) is 6.60. The number of aliphatic hydroxyl groups excluding tert-OH is 2. The average molecular weight is 469 g/mol. The van der Waals surface area contributed by atoms with Crippen LogP contribution in [0.2, 0.25) is 0 Å². The fourth-order valence-electron chi connectivity index (χ4n) is 5.01. The summed E-state index contributed by atoms with van der Waals surface area (Å²) in [4.78, 5) is 2.27. The van der Waals surface area contributed by atoms with E-state index in [2.05, 4.69) is 16.7 Å². The van der Waals surface area contributed by atoms with E-state index in [1.54, 1.807) is 11.2 Å². The van der Waals surface area contributed by atoms with Gasteiger partial charge in [-0.1, -0.05) is 54.3 Å². The molecule has 176 valence electrons. The van der Waals surface area contributed by atoms with Crippen molar-refractivity contribution in [3.05, 3.63) is 71.3 Å². The lowest BCUT2D eigenvalue weighted by Crippen LogP contribution is -2.67. The second-order valence-corrected chi connectivity index (χ2v) is 10.9. The van der Waals surface area contributed by atoms with Gasteiger partial charge in [0.05, 0.1) is 12.4 Å². The monoisotopic (exact) mass is 468 g/mol. The SMILES string of the molecule is C[C@@H](O)C#Cc1ccc([C@@H]2[C@@H](CO)N3CCCCN(S(=O)(=O)Cc4ccccc4)C[C@H]23)cc1. The van der Waals surface area contributed by atoms with Crippen molar-refractivity contribution in [3.63, 3.8) is 0 Å². The quantitative estimate of drug-likeness (QED) is 0.658. The molecular weight excluding hydrogens is 436 g/mol. The van der Waals surface area contributed by atoms with Crippen molar-refractivity contribution >= 4 is 10.0 Å². The molecule has 6 nitrogen and oxygen atoms in total. The molecule has 2 fully saturated rings. The van der Waals surface area contributed by atoms with Crippen LogP contribution in [0.15, 0.2) is 54.6 Å². The molecule has 2 aliphatic heterocycles. The predicted octanol–water partition coefficient (Wildman–Crippen LogP) is 2.17. The van der Waals surface area contributed by atoms with Crippen LogP contribution in [-0.2, 0) is 15.8 Å². The highest BCUT2D eigenvalue weighted by Crippen LogP contribution is 2.42. The van der Waals surface area contributed by atoms with Gasteiger partial charge < -0.3 is 10.2 Å². The normalized spacial score (nSPS) is 25.0. The molecule has 0 unspecified atom stereocenters. The van der Waals surface area contributed by atoms with Gasteiger partial charge in [0, 0.05) is 36.7 Å². The zero-order valence-corrected chi connectivity index (χ0v) is 19.8. The first-order valence-electron chi connectivity index (χ1n) is 11.6. The molecule has 33 heavy (non-hydrogen) atoms. The maximum atomic E-state index is 13.3. The van der Waals surface area contributed by atoms with Crippen LogP contribution >= 0.6 is 0 Å². The molecular formula is C26H32N2O4S. The van der Waals surface area contributed by atoms with Gasteiger partial charge in [-0.05, 0) is 49.6 Å². The minimum atomic E-state index is -3.45. The summed E-state index contributed by atoms with van der Waals surface area (Å²) in [6, 6.07) is 17.2. The predicted molar refractivity (Wildman–Crippen MR) is 129 cm³/mol. The molecule has 0 aliphatic carbocycles. The highest BCUT2D eigenvalue weighted by atomic mass is 32.2. The van der Waals surface area contributed by atoms with Crippen molar-refractivity contribution in [3.8, 4) is 11.8 Å². The molecule has 0 aromatic heterocycles. The van der Waals surface area contributed by atoms with E-state index in [9.17, 15) is 18.6 Å². The zero-order valence-electron chi connectivity index (χ0n) is 19.0. The first-order chi connectivity index (χ1) is 15.9. The lowest BCUT2D eigenvalue weighted by atomic mass is 9.74. The van der Waals surface area contributed by atoms with Gasteiger partial charge in [-0.2, -0.15) is 0 Å². The third-order valence-electron chi connectivity index (χ3n) is 6.64. The van der Waals surface area contributed by atoms with E-state index in [4.69, 9.17) is 0 Å². The van der Waals surface area contributed by atoms with Gasteiger partial charge in [0.15, 0.2) is 0 Å². The van der Waals surface area contributed by atoms with Crippen LogP contribution in [0.3, 0.4) is 0 Å². The first-order valence-corrected chi connectivity index (χ1v) is 13.2. The van der Waals surface area contributed by atoms with Crippen LogP contribution in [-0.4, -0.2) is 72.3 Å². The zero-order chi connectivity index (χ0) is 23.4. The number of sulfonamides is 1. The van der Waals surface area contributed by atoms with Gasteiger partial charge in [-0.3, -0.25) is 4.90 Å². The van der Waals surface area contributed by atoms with Crippen molar-refractivity contribution in [1.82, 2.24) is 9.21 Å². The Morgan fingerprint density at radius 2 is 1.76 bits per heavy atom. The highest BCUT2D eigenvalue weighted by molar-refractivity contribution is 7.88. The number of nitrogens with zero attached hydrogens (tertiary/aromatic N) is 2. The number of benzene rings is 2. The smallest absolute Gasteiger partial charge is 0.218 e. The van der Waals surface area contributed by atoms with Crippen molar-refractivity contribution in [2.45, 2.75) is 49.6 Å². The molecule has 0 amide bonds. The number of hydrogen-bond donors (Lipinski definition) is 2. The molecule has 2 saturated heterocycles. The molecule has 2 aliphatic rings. The summed E-state index contributed by atoms with van der Waals surface area (Å²) in [5, 5.41) is 19.5. The highest BCUT2D eigenvalue weighted by Gasteiger charge is 2.50. The Hall–Kier alpha value is -2.21. The molecule has 2 aromatic carbocycles. The minimum absolute atomic E-state index is 0.00526. The van der Waals surface area contributed by atoms with Crippen LogP contribution in [0.1, 0.15) is 42.4 Å². The molecule has 0 saturated carbocycles. The second kappa shape index (κ2) is 10.4. The van der Waals surface area contributed by atoms with Crippen molar-refractivity contribution in [2.75, 3.05) is 26.2 Å². The van der Waals surface area contributed by atoms with E-state index >= 15 is 0 Å². The van der Waals surface area contributed by atoms with E-state index in [0.717, 1.165) is 36.1 Å². The Morgan fingerprint density at radius 1 is 1.06 bits per heavy atom. The molecule has 0 radical (unpaired) electrons. The van der Waals surface area contributed by atoms with E-state index in [1.165, 1.54) is 0 Å². The van der Waals surface area contributed by atoms with Crippen molar-refractivity contribution < 1.29 is 18.6 Å². The number of aliphatic hydroxyl groups is 2. The summed E-state index contributed by atoms with van der Waals surface area (Å²) in [6.45, 7) is 3.50. The van der Waals surface area contributed by atoms with Crippen LogP contribution in [0.4, 0.5) is 0 Å². The Labute approximate surface area is 196 Å². The topological polar surface area (TPSA) is 81.1 Å². The van der Waals surface area contributed by atoms with E-state index in [1.807, 2.05) is 54.6 Å². The summed E-state index contributed by atoms with van der Waals surface area (Å²) in [7, 11) is -3.45. The van der Waals surface area contributed by atoms with Gasteiger partial charge in [-0.25, -0.2) is 12.7 Å². The van der Waals surface area contributed by atoms with E-state index in [-0.39, 0.29) is 30.4 Å². The minimum Gasteiger partial charge on any atom is -0.395 e. The molecule has 4 atom stereocenters. The summed E-state index contributed by atoms with van der Waals surface area (Å²) in [5.41, 5.74) is 2.70. The van der Waals surface area contributed by atoms with Gasteiger partial charge in [-0.15, -0.1) is 0 Å². The Kier molecular flexibility index (Phi) is 7.52. The standard InChI is InChI=1S/C26H32N2O4S/c1-20(30)9-10-21-11-13-23(14-12-21)26-24-17-27(15-5-6-16-28(24)25(26)18-29)33(31,32)19-22-7-3-2-4-8-22/h2-4,7-8,11-14,20,24-26,29-30H,5-6,15-19H2,1H3/t20-,24-,25-,26+/m1/s1. The maximum absolute atomic E-state index is 13.3. The van der Waals surface area contributed by atoms with Gasteiger partial charge >= 0.3 is 0 Å². The van der Waals surface area contributed by atoms with Crippen LogP contribution < -0.4 is 0 Å². The third kappa shape index (κ3) is 5.48. The maximum Gasteiger partial charge on any atom is 0.218 e. The Balaban J connectivity index is 1.55. The Bertz CT molecular complexity index is 1090. The Morgan fingerprint density at radius 3 is 2.42 bits per heavy atom. The molecule has 2 aromatic rings. The second-order valence-electron chi connectivity index (χ2n) is 8.96. The average Bonchev–Trinajstić information content (AvgIpc) is 2.77. The van der Waals surface area contributed by atoms with Crippen molar-refractivity contribution in [2.24, 2.45) is 0 Å². The molecule has 4 rings (SSSR count). The number of rotatable bonds is 5. The summed E-state index contributed by atoms with van der Waals surface area (Å²) < 4.78 is 28.2. The van der Waals surface area contributed by atoms with Crippen LogP contribution in [0.25, 0.3) is 0 Å². The molecule has 0 spiro atoms. The largest absolute Gasteiger partial charge is 0.395 e. The molecule has 7 heteroatoms. The van der Waals surface area contributed by atoms with Crippen LogP contribution in [0.5, 0.6) is 0 Å². The van der Waals surface area contributed by atoms with Crippen molar-refractivity contribution in [1.29, 1.82) is 0 Å². The van der Waals surface area contributed by atoms with Crippen LogP contribution in [0, 0.1) is 11.8 Å². The van der Waals surface area contributed by atoms with Gasteiger partial charge in [0.2, 0.25) is 10.0 Å². The first kappa shape index (κ1) is 23.9. The van der Waals surface area contributed by atoms with E-state index in [0.29, 0.717) is 13.1 Å². The number of hydrogen-bond acceptors (Lipinski definition) is 5. The summed E-state index contributed by atoms with van der Waals surface area (Å²) >= 11 is 0. The molecule has 2 heterocycles. The molecule has 2 N–H and O–H groups in total. The molecule has 0 bridgehead atoms. The number of fused-ring (bicyclic) bond motifs is 1. The summed E-state index contributed by atoms with van der Waals surface area (Å²) in [5.74, 6) is 5.76. The van der Waals surface area contributed by atoms with E-state index < -0.39 is 16.1 Å².